The van der Waals surface area contributed by atoms with Crippen molar-refractivity contribution in [2.45, 2.75) is 19.9 Å². The number of carboxylic acids is 1. The van der Waals surface area contributed by atoms with E-state index < -0.39 is 12.0 Å². The van der Waals surface area contributed by atoms with Crippen LogP contribution in [0.5, 0.6) is 11.5 Å². The maximum Gasteiger partial charge on any atom is 0.325 e. The molecule has 1 aromatic carbocycles. The zero-order valence-corrected chi connectivity index (χ0v) is 11.6. The SMILES string of the molecule is CCN(CC)C(C(=O)O)c1cc(Cl)c2c(c1)OCO2. The van der Waals surface area contributed by atoms with Crippen molar-refractivity contribution in [3.8, 4) is 11.5 Å². The van der Waals surface area contributed by atoms with Gasteiger partial charge in [-0.2, -0.15) is 0 Å². The van der Waals surface area contributed by atoms with Crippen LogP contribution in [0.3, 0.4) is 0 Å². The van der Waals surface area contributed by atoms with E-state index in [4.69, 9.17) is 21.1 Å². The molecule has 1 aromatic rings. The average molecular weight is 286 g/mol. The Bertz CT molecular complexity index is 488. The highest BCUT2D eigenvalue weighted by Crippen LogP contribution is 2.41. The molecular formula is C13H16ClNO4. The Balaban J connectivity index is 2.43. The second kappa shape index (κ2) is 5.67. The van der Waals surface area contributed by atoms with Gasteiger partial charge in [-0.3, -0.25) is 9.69 Å². The van der Waals surface area contributed by atoms with E-state index >= 15 is 0 Å². The fraction of sp³-hybridized carbons (Fsp3) is 0.462. The van der Waals surface area contributed by atoms with Gasteiger partial charge in [0.25, 0.3) is 0 Å². The van der Waals surface area contributed by atoms with E-state index in [0.29, 0.717) is 35.2 Å². The van der Waals surface area contributed by atoms with E-state index in [2.05, 4.69) is 0 Å². The van der Waals surface area contributed by atoms with Crippen LogP contribution in [-0.4, -0.2) is 35.9 Å². The number of hydrogen-bond acceptors (Lipinski definition) is 4. The third kappa shape index (κ3) is 2.62. The lowest BCUT2D eigenvalue weighted by molar-refractivity contribution is -0.143. The average Bonchev–Trinajstić information content (AvgIpc) is 2.83. The minimum absolute atomic E-state index is 0.113. The molecule has 1 atom stereocenters. The molecule has 0 bridgehead atoms. The quantitative estimate of drug-likeness (QED) is 0.901. The summed E-state index contributed by atoms with van der Waals surface area (Å²) in [6.45, 7) is 5.24. The fourth-order valence-corrected chi connectivity index (χ4v) is 2.52. The summed E-state index contributed by atoms with van der Waals surface area (Å²) in [6.07, 6.45) is 0. The number of likely N-dealkylation sites (N-methyl/N-ethyl adjacent to an activating group) is 1. The summed E-state index contributed by atoms with van der Waals surface area (Å²) < 4.78 is 10.5. The maximum atomic E-state index is 11.5. The Morgan fingerprint density at radius 1 is 1.42 bits per heavy atom. The third-order valence-electron chi connectivity index (χ3n) is 3.18. The van der Waals surface area contributed by atoms with Crippen molar-refractivity contribution in [3.63, 3.8) is 0 Å². The van der Waals surface area contributed by atoms with E-state index in [1.165, 1.54) is 0 Å². The van der Waals surface area contributed by atoms with Gasteiger partial charge in [0.05, 0.1) is 5.02 Å². The van der Waals surface area contributed by atoms with E-state index in [-0.39, 0.29) is 6.79 Å². The number of carboxylic acid groups (broad SMARTS) is 1. The van der Waals surface area contributed by atoms with Crippen molar-refractivity contribution in [1.82, 2.24) is 4.90 Å². The molecule has 0 saturated carbocycles. The van der Waals surface area contributed by atoms with Crippen LogP contribution >= 0.6 is 11.6 Å². The second-order valence-electron chi connectivity index (χ2n) is 4.20. The fourth-order valence-electron chi connectivity index (χ4n) is 2.24. The number of hydrogen-bond donors (Lipinski definition) is 1. The lowest BCUT2D eigenvalue weighted by atomic mass is 10.0. The van der Waals surface area contributed by atoms with Gasteiger partial charge in [0.1, 0.15) is 6.04 Å². The van der Waals surface area contributed by atoms with Crippen molar-refractivity contribution in [3.05, 3.63) is 22.7 Å². The molecule has 2 rings (SSSR count). The molecule has 0 aliphatic carbocycles. The first-order chi connectivity index (χ1) is 9.08. The topological polar surface area (TPSA) is 59.0 Å². The highest BCUT2D eigenvalue weighted by atomic mass is 35.5. The zero-order chi connectivity index (χ0) is 14.0. The molecule has 0 spiro atoms. The minimum Gasteiger partial charge on any atom is -0.480 e. The predicted molar refractivity (Wildman–Crippen MR) is 70.9 cm³/mol. The summed E-state index contributed by atoms with van der Waals surface area (Å²) >= 11 is 6.10. The van der Waals surface area contributed by atoms with Gasteiger partial charge in [0, 0.05) is 0 Å². The number of rotatable bonds is 5. The summed E-state index contributed by atoms with van der Waals surface area (Å²) in [5.41, 5.74) is 0.602. The molecule has 1 aliphatic heterocycles. The standard InChI is InChI=1S/C13H16ClNO4/c1-3-15(4-2)11(13(16)17)8-5-9(14)12-10(6-8)18-7-19-12/h5-6,11H,3-4,7H2,1-2H3,(H,16,17). The van der Waals surface area contributed by atoms with Crippen molar-refractivity contribution in [1.29, 1.82) is 0 Å². The van der Waals surface area contributed by atoms with Crippen LogP contribution in [0.4, 0.5) is 0 Å². The monoisotopic (exact) mass is 285 g/mol. The van der Waals surface area contributed by atoms with Crippen LogP contribution in [0.1, 0.15) is 25.5 Å². The molecule has 1 N–H and O–H groups in total. The highest BCUT2D eigenvalue weighted by Gasteiger charge is 2.29. The van der Waals surface area contributed by atoms with Crippen LogP contribution in [0.25, 0.3) is 0 Å². The summed E-state index contributed by atoms with van der Waals surface area (Å²) in [5.74, 6) is 0.0774. The largest absolute Gasteiger partial charge is 0.480 e. The molecular weight excluding hydrogens is 270 g/mol. The van der Waals surface area contributed by atoms with Gasteiger partial charge in [-0.05, 0) is 30.8 Å². The summed E-state index contributed by atoms with van der Waals surface area (Å²) in [7, 11) is 0. The minimum atomic E-state index is -0.904. The number of benzene rings is 1. The Hall–Kier alpha value is -1.46. The van der Waals surface area contributed by atoms with Gasteiger partial charge in [0.2, 0.25) is 6.79 Å². The maximum absolute atomic E-state index is 11.5. The smallest absolute Gasteiger partial charge is 0.325 e. The highest BCUT2D eigenvalue weighted by molar-refractivity contribution is 6.32. The van der Waals surface area contributed by atoms with Gasteiger partial charge < -0.3 is 14.6 Å². The molecule has 104 valence electrons. The number of halogens is 1. The van der Waals surface area contributed by atoms with E-state index in [9.17, 15) is 9.90 Å². The Labute approximate surface area is 116 Å². The number of carbonyl (C=O) groups is 1. The Morgan fingerprint density at radius 2 is 2.11 bits per heavy atom. The second-order valence-corrected chi connectivity index (χ2v) is 4.61. The first-order valence-corrected chi connectivity index (χ1v) is 6.52. The van der Waals surface area contributed by atoms with E-state index in [1.54, 1.807) is 12.1 Å². The lowest BCUT2D eigenvalue weighted by Gasteiger charge is -2.26. The van der Waals surface area contributed by atoms with E-state index in [0.717, 1.165) is 0 Å². The summed E-state index contributed by atoms with van der Waals surface area (Å²) in [6, 6.07) is 2.58. The molecule has 0 fully saturated rings. The molecule has 1 aliphatic rings. The molecule has 1 heterocycles. The van der Waals surface area contributed by atoms with Crippen molar-refractivity contribution in [2.24, 2.45) is 0 Å². The van der Waals surface area contributed by atoms with Crippen LogP contribution in [0.2, 0.25) is 5.02 Å². The number of nitrogens with zero attached hydrogens (tertiary/aromatic N) is 1. The summed E-state index contributed by atoms with van der Waals surface area (Å²) in [5, 5.41) is 9.82. The van der Waals surface area contributed by atoms with Crippen LogP contribution in [0, 0.1) is 0 Å². The lowest BCUT2D eigenvalue weighted by Crippen LogP contribution is -2.33. The molecule has 19 heavy (non-hydrogen) atoms. The first kappa shape index (κ1) is 14.0. The van der Waals surface area contributed by atoms with Gasteiger partial charge >= 0.3 is 5.97 Å². The van der Waals surface area contributed by atoms with E-state index in [1.807, 2.05) is 18.7 Å². The Kier molecular flexibility index (Phi) is 4.17. The van der Waals surface area contributed by atoms with Crippen LogP contribution in [0.15, 0.2) is 12.1 Å². The van der Waals surface area contributed by atoms with Crippen LogP contribution in [-0.2, 0) is 4.79 Å². The first-order valence-electron chi connectivity index (χ1n) is 6.14. The van der Waals surface area contributed by atoms with Crippen molar-refractivity contribution in [2.75, 3.05) is 19.9 Å². The molecule has 5 nitrogen and oxygen atoms in total. The summed E-state index contributed by atoms with van der Waals surface area (Å²) in [4.78, 5) is 13.4. The normalized spacial score (nSPS) is 14.7. The van der Waals surface area contributed by atoms with Crippen molar-refractivity contribution >= 4 is 17.6 Å². The van der Waals surface area contributed by atoms with Gasteiger partial charge in [0.15, 0.2) is 11.5 Å². The third-order valence-corrected chi connectivity index (χ3v) is 3.46. The molecule has 0 saturated heterocycles. The van der Waals surface area contributed by atoms with Crippen molar-refractivity contribution < 1.29 is 19.4 Å². The van der Waals surface area contributed by atoms with Gasteiger partial charge in [-0.15, -0.1) is 0 Å². The predicted octanol–water partition coefficient (Wildman–Crippen LogP) is 2.54. The number of fused-ring (bicyclic) bond motifs is 1. The molecule has 0 radical (unpaired) electrons. The number of aliphatic carboxylic acids is 1. The zero-order valence-electron chi connectivity index (χ0n) is 10.9. The molecule has 0 aromatic heterocycles. The molecule has 6 heteroatoms. The van der Waals surface area contributed by atoms with Crippen LogP contribution < -0.4 is 9.47 Å². The van der Waals surface area contributed by atoms with Gasteiger partial charge in [-0.25, -0.2) is 0 Å². The number of ether oxygens (including phenoxy) is 2. The van der Waals surface area contributed by atoms with Gasteiger partial charge in [-0.1, -0.05) is 25.4 Å². The Morgan fingerprint density at radius 3 is 2.68 bits per heavy atom. The molecule has 1 unspecified atom stereocenters. The molecule has 0 amide bonds.